The van der Waals surface area contributed by atoms with Crippen molar-refractivity contribution in [2.24, 2.45) is 11.8 Å². The molecule has 1 aliphatic carbocycles. The number of fused-ring (bicyclic) bond motifs is 4. The molecule has 0 bridgehead atoms. The summed E-state index contributed by atoms with van der Waals surface area (Å²) in [5.41, 5.74) is 5.16. The van der Waals surface area contributed by atoms with Crippen LogP contribution in [0.15, 0.2) is 54.6 Å². The molecule has 1 fully saturated rings. The average molecular weight is 458 g/mol. The largest absolute Gasteiger partial charge is 0.356 e. The Bertz CT molecular complexity index is 1140. The van der Waals surface area contributed by atoms with Crippen LogP contribution in [0.4, 0.5) is 0 Å². The number of hydrogen-bond donors (Lipinski definition) is 1. The summed E-state index contributed by atoms with van der Waals surface area (Å²) in [5.74, 6) is 1.28. The van der Waals surface area contributed by atoms with E-state index in [4.69, 9.17) is 0 Å². The Morgan fingerprint density at radius 1 is 1.06 bits per heavy atom. The summed E-state index contributed by atoms with van der Waals surface area (Å²) in [7, 11) is 4.41. The van der Waals surface area contributed by atoms with Crippen molar-refractivity contribution in [3.05, 3.63) is 71.4 Å². The number of hydrogen-bond acceptors (Lipinski definition) is 2. The van der Waals surface area contributed by atoms with Crippen molar-refractivity contribution >= 4 is 16.8 Å². The van der Waals surface area contributed by atoms with Gasteiger partial charge in [0.15, 0.2) is 0 Å². The standard InChI is InChI=1S/C30H39N3O/c1-21(2)20-27(34)33-19-16-25-24-12-8-9-13-26(24)31-29(25)30(33)17-14-23(15-18-30)28(32(3)4)22-10-6-5-7-11-22/h5-13,21,23,28,31H,14-20H2,1-4H3. The summed E-state index contributed by atoms with van der Waals surface area (Å²) < 4.78 is 0. The van der Waals surface area contributed by atoms with Crippen molar-refractivity contribution in [3.63, 3.8) is 0 Å². The molecule has 5 rings (SSSR count). The Kier molecular flexibility index (Phi) is 6.28. The smallest absolute Gasteiger partial charge is 0.223 e. The van der Waals surface area contributed by atoms with Gasteiger partial charge in [-0.3, -0.25) is 4.79 Å². The second kappa shape index (κ2) is 9.22. The first kappa shape index (κ1) is 23.2. The first-order chi connectivity index (χ1) is 16.4. The van der Waals surface area contributed by atoms with Crippen LogP contribution in [-0.4, -0.2) is 41.3 Å². The van der Waals surface area contributed by atoms with Crippen LogP contribution in [0, 0.1) is 11.8 Å². The topological polar surface area (TPSA) is 39.3 Å². The molecular formula is C30H39N3O. The van der Waals surface area contributed by atoms with Crippen LogP contribution in [0.3, 0.4) is 0 Å². The number of rotatable bonds is 5. The first-order valence-corrected chi connectivity index (χ1v) is 13.0. The molecule has 2 heterocycles. The van der Waals surface area contributed by atoms with Crippen LogP contribution in [0.1, 0.15) is 68.8 Å². The quantitative estimate of drug-likeness (QED) is 0.489. The van der Waals surface area contributed by atoms with Gasteiger partial charge in [0.2, 0.25) is 5.91 Å². The van der Waals surface area contributed by atoms with Gasteiger partial charge in [0.1, 0.15) is 0 Å². The fourth-order valence-electron chi connectivity index (χ4n) is 6.85. The molecule has 2 aromatic carbocycles. The Balaban J connectivity index is 1.51. The highest BCUT2D eigenvalue weighted by Gasteiger charge is 2.49. The molecule has 4 heteroatoms. The fraction of sp³-hybridized carbons (Fsp3) is 0.500. The molecule has 34 heavy (non-hydrogen) atoms. The van der Waals surface area contributed by atoms with Gasteiger partial charge in [-0.1, -0.05) is 62.4 Å². The highest BCUT2D eigenvalue weighted by atomic mass is 16.2. The van der Waals surface area contributed by atoms with Crippen molar-refractivity contribution in [2.45, 2.75) is 64.0 Å². The second-order valence-corrected chi connectivity index (χ2v) is 11.1. The summed E-state index contributed by atoms with van der Waals surface area (Å²) in [6, 6.07) is 20.0. The van der Waals surface area contributed by atoms with Gasteiger partial charge in [0, 0.05) is 35.6 Å². The van der Waals surface area contributed by atoms with E-state index in [2.05, 4.69) is 97.3 Å². The Morgan fingerprint density at radius 3 is 2.41 bits per heavy atom. The van der Waals surface area contributed by atoms with E-state index < -0.39 is 0 Å². The molecule has 1 aromatic heterocycles. The molecule has 1 amide bonds. The molecule has 2 aliphatic rings. The van der Waals surface area contributed by atoms with Gasteiger partial charge in [-0.15, -0.1) is 0 Å². The second-order valence-electron chi connectivity index (χ2n) is 11.1. The zero-order valence-corrected chi connectivity index (χ0v) is 21.2. The van der Waals surface area contributed by atoms with Gasteiger partial charge in [0.25, 0.3) is 0 Å². The third-order valence-electron chi connectivity index (χ3n) is 8.27. The SMILES string of the molecule is CC(C)CC(=O)N1CCc2c([nH]c3ccccc23)C12CCC(C(c1ccccc1)N(C)C)CC2. The van der Waals surface area contributed by atoms with E-state index in [1.54, 1.807) is 0 Å². The fourth-order valence-corrected chi connectivity index (χ4v) is 6.85. The van der Waals surface area contributed by atoms with Gasteiger partial charge in [-0.25, -0.2) is 0 Å². The van der Waals surface area contributed by atoms with Gasteiger partial charge in [-0.2, -0.15) is 0 Å². The van der Waals surface area contributed by atoms with Crippen LogP contribution >= 0.6 is 0 Å². The summed E-state index contributed by atoms with van der Waals surface area (Å²) in [5, 5.41) is 1.34. The van der Waals surface area contributed by atoms with E-state index in [1.807, 2.05) is 0 Å². The molecule has 3 aromatic rings. The third-order valence-corrected chi connectivity index (χ3v) is 8.27. The summed E-state index contributed by atoms with van der Waals surface area (Å²) in [4.78, 5) is 22.0. The van der Waals surface area contributed by atoms with Crippen LogP contribution < -0.4 is 0 Å². The number of benzene rings is 2. The predicted octanol–water partition coefficient (Wildman–Crippen LogP) is 6.29. The number of carbonyl (C=O) groups is 1. The molecule has 180 valence electrons. The normalized spacial score (nSPS) is 23.6. The highest BCUT2D eigenvalue weighted by Crippen LogP contribution is 2.51. The number of nitrogens with zero attached hydrogens (tertiary/aromatic N) is 2. The maximum Gasteiger partial charge on any atom is 0.223 e. The van der Waals surface area contributed by atoms with Crippen LogP contribution in [-0.2, 0) is 16.8 Å². The van der Waals surface area contributed by atoms with Gasteiger partial charge in [-0.05, 0) is 75.2 Å². The average Bonchev–Trinajstić information content (AvgIpc) is 3.21. The molecule has 0 saturated heterocycles. The lowest BCUT2D eigenvalue weighted by atomic mass is 9.68. The molecule has 4 nitrogen and oxygen atoms in total. The van der Waals surface area contributed by atoms with E-state index in [0.717, 1.165) is 38.6 Å². The van der Waals surface area contributed by atoms with E-state index in [1.165, 1.54) is 27.7 Å². The predicted molar refractivity (Wildman–Crippen MR) is 140 cm³/mol. The van der Waals surface area contributed by atoms with Gasteiger partial charge in [0.05, 0.1) is 5.54 Å². The number of para-hydroxylation sites is 1. The zero-order valence-electron chi connectivity index (χ0n) is 21.2. The number of aromatic amines is 1. The van der Waals surface area contributed by atoms with E-state index in [0.29, 0.717) is 30.2 Å². The van der Waals surface area contributed by atoms with Crippen molar-refractivity contribution in [1.29, 1.82) is 0 Å². The molecular weight excluding hydrogens is 418 g/mol. The summed E-state index contributed by atoms with van der Waals surface area (Å²) in [6.45, 7) is 5.14. The van der Waals surface area contributed by atoms with Crippen molar-refractivity contribution < 1.29 is 4.79 Å². The third kappa shape index (κ3) is 3.96. The lowest BCUT2D eigenvalue weighted by Gasteiger charge is -2.52. The van der Waals surface area contributed by atoms with E-state index in [-0.39, 0.29) is 5.54 Å². The molecule has 1 unspecified atom stereocenters. The van der Waals surface area contributed by atoms with Crippen LogP contribution in [0.5, 0.6) is 0 Å². The molecule has 1 atom stereocenters. The Labute approximate surface area is 204 Å². The van der Waals surface area contributed by atoms with Crippen molar-refractivity contribution in [1.82, 2.24) is 14.8 Å². The molecule has 1 N–H and O–H groups in total. The molecule has 0 radical (unpaired) electrons. The zero-order chi connectivity index (χ0) is 23.9. The van der Waals surface area contributed by atoms with Crippen LogP contribution in [0.2, 0.25) is 0 Å². The highest BCUT2D eigenvalue weighted by molar-refractivity contribution is 5.86. The lowest BCUT2D eigenvalue weighted by molar-refractivity contribution is -0.142. The molecule has 1 saturated carbocycles. The number of H-pyrrole nitrogens is 1. The first-order valence-electron chi connectivity index (χ1n) is 13.0. The minimum Gasteiger partial charge on any atom is -0.356 e. The number of aromatic nitrogens is 1. The van der Waals surface area contributed by atoms with Crippen molar-refractivity contribution in [2.75, 3.05) is 20.6 Å². The number of amides is 1. The van der Waals surface area contributed by atoms with Gasteiger partial charge >= 0.3 is 0 Å². The monoisotopic (exact) mass is 457 g/mol. The van der Waals surface area contributed by atoms with Gasteiger partial charge < -0.3 is 14.8 Å². The maximum absolute atomic E-state index is 13.6. The van der Waals surface area contributed by atoms with Crippen LogP contribution in [0.25, 0.3) is 10.9 Å². The summed E-state index contributed by atoms with van der Waals surface area (Å²) >= 11 is 0. The lowest BCUT2D eigenvalue weighted by Crippen LogP contribution is -2.55. The minimum atomic E-state index is -0.206. The summed E-state index contributed by atoms with van der Waals surface area (Å²) in [6.07, 6.45) is 5.87. The van der Waals surface area contributed by atoms with E-state index in [9.17, 15) is 4.79 Å². The molecule has 1 spiro atoms. The number of carbonyl (C=O) groups excluding carboxylic acids is 1. The Hall–Kier alpha value is -2.59. The van der Waals surface area contributed by atoms with Crippen molar-refractivity contribution in [3.8, 4) is 0 Å². The van der Waals surface area contributed by atoms with E-state index >= 15 is 0 Å². The Morgan fingerprint density at radius 2 is 1.74 bits per heavy atom. The molecule has 1 aliphatic heterocycles. The number of nitrogens with one attached hydrogen (secondary N) is 1. The minimum absolute atomic E-state index is 0.206. The maximum atomic E-state index is 13.6.